The van der Waals surface area contributed by atoms with Crippen LogP contribution in [0, 0.1) is 18.3 Å². The Balaban J connectivity index is 0.00000240. The molecule has 0 saturated carbocycles. The molecular formula is C21H23ClN6O. The van der Waals surface area contributed by atoms with Crippen LogP contribution >= 0.6 is 12.4 Å². The Bertz CT molecular complexity index is 1070. The summed E-state index contributed by atoms with van der Waals surface area (Å²) in [5.41, 5.74) is 5.93. The molecule has 0 spiro atoms. The number of halogens is 1. The number of rotatable bonds is 4. The molecule has 0 fully saturated rings. The fourth-order valence-corrected chi connectivity index (χ4v) is 3.51. The fraction of sp³-hybridized carbons (Fsp3) is 0.333. The summed E-state index contributed by atoms with van der Waals surface area (Å²) in [7, 11) is 0. The van der Waals surface area contributed by atoms with Crippen LogP contribution in [0.25, 0.3) is 22.8 Å². The molecule has 0 radical (unpaired) electrons. The van der Waals surface area contributed by atoms with Gasteiger partial charge in [-0.2, -0.15) is 10.2 Å². The first kappa shape index (κ1) is 20.8. The molecule has 1 aromatic carbocycles. The van der Waals surface area contributed by atoms with Crippen molar-refractivity contribution in [1.82, 2.24) is 20.4 Å². The highest BCUT2D eigenvalue weighted by Crippen LogP contribution is 2.30. The molecular weight excluding hydrogens is 388 g/mol. The smallest absolute Gasteiger partial charge is 0.259 e. The van der Waals surface area contributed by atoms with Gasteiger partial charge in [-0.05, 0) is 56.5 Å². The maximum atomic E-state index is 9.43. The van der Waals surface area contributed by atoms with Crippen molar-refractivity contribution >= 4 is 18.2 Å². The van der Waals surface area contributed by atoms with Gasteiger partial charge >= 0.3 is 0 Å². The zero-order valence-electron chi connectivity index (χ0n) is 16.6. The van der Waals surface area contributed by atoms with E-state index >= 15 is 0 Å². The Morgan fingerprint density at radius 3 is 2.90 bits per heavy atom. The van der Waals surface area contributed by atoms with Gasteiger partial charge in [-0.25, -0.2) is 4.98 Å². The van der Waals surface area contributed by atoms with Gasteiger partial charge in [-0.3, -0.25) is 0 Å². The van der Waals surface area contributed by atoms with E-state index in [4.69, 9.17) is 4.52 Å². The standard InChI is InChI=1S/C21H22N6O.ClH/c1-12(2)25-19-15(9-22)8-16(11-24-19)21-26-20(27-28-21)18-5-4-14-10-23-7-6-17(14)13(18)3;/h4-5,8,11-12,23H,6-7,10H2,1-3H3,(H,24,25);1H. The summed E-state index contributed by atoms with van der Waals surface area (Å²) >= 11 is 0. The first-order chi connectivity index (χ1) is 13.6. The summed E-state index contributed by atoms with van der Waals surface area (Å²) in [6.07, 6.45) is 2.65. The lowest BCUT2D eigenvalue weighted by atomic mass is 9.92. The zero-order chi connectivity index (χ0) is 19.7. The van der Waals surface area contributed by atoms with E-state index in [1.807, 2.05) is 19.9 Å². The summed E-state index contributed by atoms with van der Waals surface area (Å²) in [5.74, 6) is 1.46. The van der Waals surface area contributed by atoms with Gasteiger partial charge in [0, 0.05) is 24.3 Å². The molecule has 0 atom stereocenters. The molecule has 0 aliphatic carbocycles. The molecule has 0 bridgehead atoms. The number of hydrogen-bond donors (Lipinski definition) is 2. The van der Waals surface area contributed by atoms with Gasteiger partial charge in [0.15, 0.2) is 0 Å². The molecule has 3 aromatic rings. The number of fused-ring (bicyclic) bond motifs is 1. The van der Waals surface area contributed by atoms with E-state index < -0.39 is 0 Å². The Hall–Kier alpha value is -2.95. The fourth-order valence-electron chi connectivity index (χ4n) is 3.51. The first-order valence-electron chi connectivity index (χ1n) is 9.40. The molecule has 7 nitrogen and oxygen atoms in total. The minimum atomic E-state index is 0. The second-order valence-corrected chi connectivity index (χ2v) is 7.26. The minimum absolute atomic E-state index is 0. The van der Waals surface area contributed by atoms with Crippen molar-refractivity contribution in [1.29, 1.82) is 5.26 Å². The van der Waals surface area contributed by atoms with E-state index in [0.29, 0.717) is 28.7 Å². The van der Waals surface area contributed by atoms with Crippen LogP contribution in [0.15, 0.2) is 28.9 Å². The summed E-state index contributed by atoms with van der Waals surface area (Å²) in [4.78, 5) is 8.92. The van der Waals surface area contributed by atoms with E-state index in [1.165, 1.54) is 16.7 Å². The van der Waals surface area contributed by atoms with Gasteiger partial charge < -0.3 is 15.2 Å². The number of nitrogens with zero attached hydrogens (tertiary/aromatic N) is 4. The SMILES string of the molecule is Cc1c(-c2noc(-c3cnc(NC(C)C)c(C#N)c3)n2)ccc2c1CCNC2.Cl. The molecule has 29 heavy (non-hydrogen) atoms. The molecule has 150 valence electrons. The summed E-state index contributed by atoms with van der Waals surface area (Å²) in [5, 5.41) is 20.2. The lowest BCUT2D eigenvalue weighted by Gasteiger charge is -2.20. The van der Waals surface area contributed by atoms with Crippen molar-refractivity contribution in [3.8, 4) is 28.9 Å². The first-order valence-corrected chi connectivity index (χ1v) is 9.40. The van der Waals surface area contributed by atoms with E-state index in [9.17, 15) is 5.26 Å². The highest BCUT2D eigenvalue weighted by molar-refractivity contribution is 5.85. The zero-order valence-corrected chi connectivity index (χ0v) is 17.4. The number of pyridine rings is 1. The molecule has 2 aromatic heterocycles. The van der Waals surface area contributed by atoms with E-state index in [1.54, 1.807) is 12.3 Å². The van der Waals surface area contributed by atoms with Gasteiger partial charge in [0.1, 0.15) is 11.9 Å². The third-order valence-corrected chi connectivity index (χ3v) is 4.91. The number of nitrogens with one attached hydrogen (secondary N) is 2. The maximum absolute atomic E-state index is 9.43. The van der Waals surface area contributed by atoms with Crippen LogP contribution in [0.1, 0.15) is 36.1 Å². The van der Waals surface area contributed by atoms with E-state index in [-0.39, 0.29) is 18.4 Å². The van der Waals surface area contributed by atoms with Gasteiger partial charge in [0.2, 0.25) is 5.82 Å². The summed E-state index contributed by atoms with van der Waals surface area (Å²) in [6.45, 7) is 7.98. The monoisotopic (exact) mass is 410 g/mol. The van der Waals surface area contributed by atoms with Crippen LogP contribution in [-0.4, -0.2) is 27.7 Å². The van der Waals surface area contributed by atoms with Crippen molar-refractivity contribution in [3.63, 3.8) is 0 Å². The molecule has 0 amide bonds. The van der Waals surface area contributed by atoms with Crippen molar-refractivity contribution in [2.45, 2.75) is 39.8 Å². The van der Waals surface area contributed by atoms with Crippen LogP contribution in [0.2, 0.25) is 0 Å². The maximum Gasteiger partial charge on any atom is 0.259 e. The van der Waals surface area contributed by atoms with Crippen LogP contribution in [0.5, 0.6) is 0 Å². The largest absolute Gasteiger partial charge is 0.367 e. The lowest BCUT2D eigenvalue weighted by molar-refractivity contribution is 0.432. The van der Waals surface area contributed by atoms with Crippen LogP contribution < -0.4 is 10.6 Å². The number of aromatic nitrogens is 3. The topological polar surface area (TPSA) is 99.7 Å². The number of hydrogen-bond acceptors (Lipinski definition) is 7. The molecule has 1 aliphatic heterocycles. The third-order valence-electron chi connectivity index (χ3n) is 4.91. The highest BCUT2D eigenvalue weighted by atomic mass is 35.5. The Kier molecular flexibility index (Phi) is 6.16. The van der Waals surface area contributed by atoms with Crippen molar-refractivity contribution < 1.29 is 4.52 Å². The molecule has 3 heterocycles. The minimum Gasteiger partial charge on any atom is -0.367 e. The molecule has 0 saturated heterocycles. The highest BCUT2D eigenvalue weighted by Gasteiger charge is 2.19. The predicted octanol–water partition coefficient (Wildman–Crippen LogP) is 3.87. The van der Waals surface area contributed by atoms with Crippen molar-refractivity contribution in [3.05, 3.63) is 46.6 Å². The van der Waals surface area contributed by atoms with Gasteiger partial charge in [-0.15, -0.1) is 12.4 Å². The lowest BCUT2D eigenvalue weighted by Crippen LogP contribution is -2.24. The number of benzene rings is 1. The van der Waals surface area contributed by atoms with E-state index in [2.05, 4.69) is 44.8 Å². The number of nitriles is 1. The van der Waals surface area contributed by atoms with Crippen molar-refractivity contribution in [2.75, 3.05) is 11.9 Å². The third kappa shape index (κ3) is 4.09. The average molecular weight is 411 g/mol. The van der Waals surface area contributed by atoms with Crippen LogP contribution in [0.3, 0.4) is 0 Å². The predicted molar refractivity (Wildman–Crippen MR) is 114 cm³/mol. The molecule has 1 aliphatic rings. The Morgan fingerprint density at radius 1 is 1.31 bits per heavy atom. The quantitative estimate of drug-likeness (QED) is 0.673. The summed E-state index contributed by atoms with van der Waals surface area (Å²) < 4.78 is 5.48. The second kappa shape index (κ2) is 8.60. The second-order valence-electron chi connectivity index (χ2n) is 7.26. The molecule has 0 unspecified atom stereocenters. The van der Waals surface area contributed by atoms with Crippen molar-refractivity contribution in [2.24, 2.45) is 0 Å². The Morgan fingerprint density at radius 2 is 2.14 bits per heavy atom. The van der Waals surface area contributed by atoms with Crippen LogP contribution in [-0.2, 0) is 13.0 Å². The van der Waals surface area contributed by atoms with Gasteiger partial charge in [0.25, 0.3) is 5.89 Å². The molecule has 8 heteroatoms. The molecule has 4 rings (SSSR count). The van der Waals surface area contributed by atoms with Crippen LogP contribution in [0.4, 0.5) is 5.82 Å². The number of anilines is 1. The average Bonchev–Trinajstić information content (AvgIpc) is 3.18. The van der Waals surface area contributed by atoms with Gasteiger partial charge in [-0.1, -0.05) is 17.3 Å². The van der Waals surface area contributed by atoms with Gasteiger partial charge in [0.05, 0.1) is 11.1 Å². The van der Waals surface area contributed by atoms with E-state index in [0.717, 1.165) is 25.1 Å². The Labute approximate surface area is 176 Å². The summed E-state index contributed by atoms with van der Waals surface area (Å²) in [6, 6.07) is 8.25. The normalized spacial score (nSPS) is 12.8. The molecule has 2 N–H and O–H groups in total.